The Balaban J connectivity index is 2.91. The number of alkyl carbamates (subject to hydrolysis) is 1. The molecule has 0 saturated carbocycles. The summed E-state index contributed by atoms with van der Waals surface area (Å²) in [5.41, 5.74) is 1.64. The molecule has 0 heterocycles. The lowest BCUT2D eigenvalue weighted by atomic mass is 9.81. The third-order valence-electron chi connectivity index (χ3n) is 3.46. The summed E-state index contributed by atoms with van der Waals surface area (Å²) in [5.74, 6) is -0.373. The Morgan fingerprint density at radius 2 is 1.74 bits per heavy atom. The summed E-state index contributed by atoms with van der Waals surface area (Å²) in [6.45, 7) is 11.9. The number of ether oxygens (including phenoxy) is 2. The molecule has 1 amide bonds. The van der Waals surface area contributed by atoms with E-state index in [0.717, 1.165) is 11.1 Å². The van der Waals surface area contributed by atoms with Crippen LogP contribution in [-0.4, -0.2) is 31.3 Å². The molecule has 0 atom stereocenters. The maximum Gasteiger partial charge on any atom is 0.407 e. The molecule has 0 aliphatic rings. The lowest BCUT2D eigenvalue weighted by Gasteiger charge is -2.29. The summed E-state index contributed by atoms with van der Waals surface area (Å²) in [7, 11) is 1.36. The highest BCUT2D eigenvalue weighted by Gasteiger charge is 2.26. The minimum Gasteiger partial charge on any atom is -0.465 e. The van der Waals surface area contributed by atoms with Crippen LogP contribution in [0, 0.1) is 6.92 Å². The molecule has 0 aromatic heterocycles. The van der Waals surface area contributed by atoms with Crippen molar-refractivity contribution in [2.24, 2.45) is 0 Å². The third kappa shape index (κ3) is 5.58. The molecule has 0 unspecified atom stereocenters. The van der Waals surface area contributed by atoms with Gasteiger partial charge in [0.1, 0.15) is 5.60 Å². The third-order valence-corrected chi connectivity index (χ3v) is 3.46. The number of benzene rings is 1. The van der Waals surface area contributed by atoms with Gasteiger partial charge in [0.05, 0.1) is 12.7 Å². The molecule has 5 heteroatoms. The Labute approximate surface area is 138 Å². The number of nitrogens with one attached hydrogen (secondary N) is 1. The van der Waals surface area contributed by atoms with Gasteiger partial charge in [-0.05, 0) is 51.0 Å². The van der Waals surface area contributed by atoms with Gasteiger partial charge in [0.2, 0.25) is 0 Å². The zero-order valence-electron chi connectivity index (χ0n) is 15.1. The van der Waals surface area contributed by atoms with Gasteiger partial charge in [-0.3, -0.25) is 0 Å². The van der Waals surface area contributed by atoms with E-state index in [-0.39, 0.29) is 11.4 Å². The van der Waals surface area contributed by atoms with Crippen LogP contribution < -0.4 is 5.32 Å². The molecule has 0 bridgehead atoms. The Kier molecular flexibility index (Phi) is 5.81. The predicted octanol–water partition coefficient (Wildman–Crippen LogP) is 3.58. The van der Waals surface area contributed by atoms with Crippen LogP contribution in [0.3, 0.4) is 0 Å². The van der Waals surface area contributed by atoms with E-state index in [9.17, 15) is 9.59 Å². The zero-order chi connectivity index (χ0) is 17.8. The molecule has 5 nitrogen and oxygen atoms in total. The van der Waals surface area contributed by atoms with Gasteiger partial charge < -0.3 is 14.8 Å². The molecule has 23 heavy (non-hydrogen) atoms. The summed E-state index contributed by atoms with van der Waals surface area (Å²) in [4.78, 5) is 23.6. The van der Waals surface area contributed by atoms with Crippen LogP contribution in [0.5, 0.6) is 0 Å². The van der Waals surface area contributed by atoms with Gasteiger partial charge in [0.25, 0.3) is 0 Å². The molecule has 0 radical (unpaired) electrons. The maximum absolute atomic E-state index is 11.8. The highest BCUT2D eigenvalue weighted by molar-refractivity contribution is 5.89. The van der Waals surface area contributed by atoms with Crippen LogP contribution in [0.2, 0.25) is 0 Å². The van der Waals surface area contributed by atoms with Gasteiger partial charge in [-0.15, -0.1) is 0 Å². The van der Waals surface area contributed by atoms with Gasteiger partial charge in [-0.2, -0.15) is 0 Å². The van der Waals surface area contributed by atoms with Gasteiger partial charge in [-0.1, -0.05) is 19.9 Å². The SMILES string of the molecule is COC(=O)c1ccc(C)c(C(C)(C)CNC(=O)OC(C)(C)C)c1. The fourth-order valence-electron chi connectivity index (χ4n) is 2.30. The number of amides is 1. The lowest BCUT2D eigenvalue weighted by Crippen LogP contribution is -2.40. The van der Waals surface area contributed by atoms with Crippen LogP contribution in [0.4, 0.5) is 4.79 Å². The fraction of sp³-hybridized carbons (Fsp3) is 0.556. The topological polar surface area (TPSA) is 64.6 Å². The van der Waals surface area contributed by atoms with E-state index in [1.165, 1.54) is 7.11 Å². The minimum absolute atomic E-state index is 0.356. The number of methoxy groups -OCH3 is 1. The number of rotatable bonds is 4. The number of carbonyl (C=O) groups excluding carboxylic acids is 2. The van der Waals surface area contributed by atoms with Crippen molar-refractivity contribution in [3.63, 3.8) is 0 Å². The summed E-state index contributed by atoms with van der Waals surface area (Å²) < 4.78 is 10.0. The molecule has 1 aromatic carbocycles. The molecule has 0 fully saturated rings. The van der Waals surface area contributed by atoms with Crippen molar-refractivity contribution in [2.45, 2.75) is 52.6 Å². The molecule has 0 saturated heterocycles. The minimum atomic E-state index is -0.533. The average molecular weight is 321 g/mol. The first-order chi connectivity index (χ1) is 10.5. The highest BCUT2D eigenvalue weighted by Crippen LogP contribution is 2.27. The second-order valence-electron chi connectivity index (χ2n) is 7.26. The second kappa shape index (κ2) is 7.02. The van der Waals surface area contributed by atoms with Crippen molar-refractivity contribution in [3.8, 4) is 0 Å². The summed E-state index contributed by atoms with van der Waals surface area (Å²) in [6.07, 6.45) is -0.452. The highest BCUT2D eigenvalue weighted by atomic mass is 16.6. The summed E-state index contributed by atoms with van der Waals surface area (Å²) in [5, 5.41) is 2.79. The predicted molar refractivity (Wildman–Crippen MR) is 89.8 cm³/mol. The zero-order valence-corrected chi connectivity index (χ0v) is 15.1. The summed E-state index contributed by atoms with van der Waals surface area (Å²) >= 11 is 0. The molecule has 1 aromatic rings. The Morgan fingerprint density at radius 3 is 2.26 bits per heavy atom. The largest absolute Gasteiger partial charge is 0.465 e. The lowest BCUT2D eigenvalue weighted by molar-refractivity contribution is 0.0515. The van der Waals surface area contributed by atoms with Crippen molar-refractivity contribution in [3.05, 3.63) is 34.9 Å². The van der Waals surface area contributed by atoms with Crippen LogP contribution >= 0.6 is 0 Å². The van der Waals surface area contributed by atoms with E-state index in [4.69, 9.17) is 9.47 Å². The smallest absolute Gasteiger partial charge is 0.407 e. The quantitative estimate of drug-likeness (QED) is 0.861. The maximum atomic E-state index is 11.8. The fourth-order valence-corrected chi connectivity index (χ4v) is 2.30. The number of carbonyl (C=O) groups is 2. The van der Waals surface area contributed by atoms with Crippen LogP contribution in [0.1, 0.15) is 56.1 Å². The van der Waals surface area contributed by atoms with Crippen molar-refractivity contribution in [1.82, 2.24) is 5.32 Å². The molecule has 1 N–H and O–H groups in total. The van der Waals surface area contributed by atoms with Crippen molar-refractivity contribution in [2.75, 3.05) is 13.7 Å². The first-order valence-corrected chi connectivity index (χ1v) is 7.62. The van der Waals surface area contributed by atoms with Crippen LogP contribution in [0.15, 0.2) is 18.2 Å². The standard InChI is InChI=1S/C18H27NO4/c1-12-8-9-13(15(20)22-7)10-14(12)18(5,6)11-19-16(21)23-17(2,3)4/h8-10H,11H2,1-7H3,(H,19,21). The first kappa shape index (κ1) is 19.0. The van der Waals surface area contributed by atoms with E-state index in [1.54, 1.807) is 6.07 Å². The molecule has 0 spiro atoms. The van der Waals surface area contributed by atoms with Gasteiger partial charge in [-0.25, -0.2) is 9.59 Å². The van der Waals surface area contributed by atoms with E-state index >= 15 is 0 Å². The number of hydrogen-bond donors (Lipinski definition) is 1. The van der Waals surface area contributed by atoms with Crippen molar-refractivity contribution in [1.29, 1.82) is 0 Å². The molecule has 1 rings (SSSR count). The van der Waals surface area contributed by atoms with Crippen molar-refractivity contribution < 1.29 is 19.1 Å². The van der Waals surface area contributed by atoms with Gasteiger partial charge in [0, 0.05) is 12.0 Å². The van der Waals surface area contributed by atoms with E-state index < -0.39 is 11.7 Å². The van der Waals surface area contributed by atoms with Gasteiger partial charge >= 0.3 is 12.1 Å². The van der Waals surface area contributed by atoms with Gasteiger partial charge in [0.15, 0.2) is 0 Å². The monoisotopic (exact) mass is 321 g/mol. The normalized spacial score (nSPS) is 11.8. The molecule has 0 aliphatic carbocycles. The van der Waals surface area contributed by atoms with Crippen LogP contribution in [-0.2, 0) is 14.9 Å². The molecular weight excluding hydrogens is 294 g/mol. The molecule has 128 valence electrons. The van der Waals surface area contributed by atoms with Crippen LogP contribution in [0.25, 0.3) is 0 Å². The number of aryl methyl sites for hydroxylation is 1. The summed E-state index contributed by atoms with van der Waals surface area (Å²) in [6, 6.07) is 5.44. The van der Waals surface area contributed by atoms with E-state index in [0.29, 0.717) is 12.1 Å². The van der Waals surface area contributed by atoms with E-state index in [1.807, 2.05) is 53.7 Å². The average Bonchev–Trinajstić information content (AvgIpc) is 2.43. The van der Waals surface area contributed by atoms with E-state index in [2.05, 4.69) is 5.32 Å². The number of esters is 1. The number of hydrogen-bond acceptors (Lipinski definition) is 4. The van der Waals surface area contributed by atoms with Crippen molar-refractivity contribution >= 4 is 12.1 Å². The second-order valence-corrected chi connectivity index (χ2v) is 7.26. The Bertz CT molecular complexity index is 585. The molecular formula is C18H27NO4. The first-order valence-electron chi connectivity index (χ1n) is 7.62. The Morgan fingerprint density at radius 1 is 1.13 bits per heavy atom. The molecule has 0 aliphatic heterocycles. The Hall–Kier alpha value is -2.04.